The molecule has 0 amide bonds. The fourth-order valence-electron chi connectivity index (χ4n) is 5.36. The highest BCUT2D eigenvalue weighted by Crippen LogP contribution is 2.42. The lowest BCUT2D eigenvalue weighted by atomic mass is 9.75. The van der Waals surface area contributed by atoms with E-state index in [1.807, 2.05) is 18.2 Å². The molecule has 0 atom stereocenters. The van der Waals surface area contributed by atoms with E-state index in [9.17, 15) is 0 Å². The predicted octanol–water partition coefficient (Wildman–Crippen LogP) is 6.98. The van der Waals surface area contributed by atoms with Crippen molar-refractivity contribution in [3.8, 4) is 5.69 Å². The van der Waals surface area contributed by atoms with Crippen molar-refractivity contribution in [3.05, 3.63) is 84.9 Å². The normalized spacial score (nSPS) is 17.3. The van der Waals surface area contributed by atoms with Gasteiger partial charge in [0.2, 0.25) is 0 Å². The summed E-state index contributed by atoms with van der Waals surface area (Å²) in [6.45, 7) is 8.38. The zero-order chi connectivity index (χ0) is 23.9. The molecule has 3 heterocycles. The van der Waals surface area contributed by atoms with Crippen LogP contribution < -0.4 is 5.46 Å². The summed E-state index contributed by atoms with van der Waals surface area (Å²) < 4.78 is 22.1. The van der Waals surface area contributed by atoms with Gasteiger partial charge in [0.1, 0.15) is 5.58 Å². The van der Waals surface area contributed by atoms with Gasteiger partial charge in [-0.1, -0.05) is 60.7 Å². The molecule has 1 aliphatic heterocycles. The van der Waals surface area contributed by atoms with Gasteiger partial charge in [-0.2, -0.15) is 0 Å². The first kappa shape index (κ1) is 20.8. The molecule has 1 saturated heterocycles. The van der Waals surface area contributed by atoms with Gasteiger partial charge in [0.05, 0.1) is 22.2 Å². The van der Waals surface area contributed by atoms with Gasteiger partial charge >= 0.3 is 7.12 Å². The summed E-state index contributed by atoms with van der Waals surface area (Å²) in [7, 11) is -0.494. The van der Waals surface area contributed by atoms with E-state index in [-0.39, 0.29) is 0 Å². The maximum atomic E-state index is 6.63. The van der Waals surface area contributed by atoms with Crippen LogP contribution in [-0.4, -0.2) is 22.9 Å². The van der Waals surface area contributed by atoms with Crippen molar-refractivity contribution < 1.29 is 13.7 Å². The number of benzene rings is 4. The molecule has 0 spiro atoms. The van der Waals surface area contributed by atoms with E-state index < -0.39 is 18.3 Å². The van der Waals surface area contributed by atoms with Crippen LogP contribution in [0.1, 0.15) is 27.7 Å². The first-order chi connectivity index (χ1) is 16.9. The number of aromatic nitrogens is 1. The zero-order valence-electron chi connectivity index (χ0n) is 20.3. The molecule has 4 nitrogen and oxygen atoms in total. The van der Waals surface area contributed by atoms with Crippen molar-refractivity contribution in [2.75, 3.05) is 0 Å². The Balaban J connectivity index is 1.67. The first-order valence-electron chi connectivity index (χ1n) is 12.1. The van der Waals surface area contributed by atoms with Crippen LogP contribution in [0.2, 0.25) is 0 Å². The van der Waals surface area contributed by atoms with Gasteiger partial charge in [-0.3, -0.25) is 0 Å². The van der Waals surface area contributed by atoms with Crippen LogP contribution in [0.3, 0.4) is 0 Å². The van der Waals surface area contributed by atoms with E-state index in [1.165, 1.54) is 5.39 Å². The monoisotopic (exact) mass is 459 g/mol. The highest BCUT2D eigenvalue weighted by Gasteiger charge is 2.52. The van der Waals surface area contributed by atoms with Crippen molar-refractivity contribution in [3.63, 3.8) is 0 Å². The smallest absolute Gasteiger partial charge is 0.454 e. The molecule has 0 bridgehead atoms. The van der Waals surface area contributed by atoms with Crippen molar-refractivity contribution in [2.45, 2.75) is 38.9 Å². The molecule has 0 saturated carbocycles. The van der Waals surface area contributed by atoms with Crippen molar-refractivity contribution >= 4 is 56.3 Å². The summed E-state index contributed by atoms with van der Waals surface area (Å²) in [5.74, 6) is 0. The maximum Gasteiger partial charge on any atom is 0.495 e. The van der Waals surface area contributed by atoms with E-state index in [4.69, 9.17) is 13.7 Å². The molecule has 6 aromatic rings. The molecule has 172 valence electrons. The second-order valence-corrected chi connectivity index (χ2v) is 10.4. The molecule has 4 aromatic carbocycles. The summed E-state index contributed by atoms with van der Waals surface area (Å²) in [6, 6.07) is 29.5. The SMILES string of the molecule is CC1(C)OB(c2cc3c4ccccc4n(-c4ccccc4)c3c3oc4ccccc4c23)OC1(C)C. The molecular weight excluding hydrogens is 433 g/mol. The second-order valence-electron chi connectivity index (χ2n) is 10.4. The van der Waals surface area contributed by atoms with Crippen LogP contribution in [0.4, 0.5) is 0 Å². The Hall–Kier alpha value is -3.54. The Morgan fingerprint density at radius 2 is 1.31 bits per heavy atom. The topological polar surface area (TPSA) is 36.5 Å². The lowest BCUT2D eigenvalue weighted by Gasteiger charge is -2.32. The number of furan rings is 1. The van der Waals surface area contributed by atoms with Gasteiger partial charge in [0.15, 0.2) is 5.58 Å². The average molecular weight is 459 g/mol. The van der Waals surface area contributed by atoms with Gasteiger partial charge in [-0.15, -0.1) is 0 Å². The van der Waals surface area contributed by atoms with E-state index in [0.717, 1.165) is 49.5 Å². The minimum Gasteiger partial charge on any atom is -0.454 e. The number of hydrogen-bond donors (Lipinski definition) is 0. The van der Waals surface area contributed by atoms with Gasteiger partial charge in [-0.25, -0.2) is 0 Å². The van der Waals surface area contributed by atoms with E-state index in [1.54, 1.807) is 0 Å². The number of fused-ring (bicyclic) bond motifs is 7. The molecule has 2 aromatic heterocycles. The third-order valence-electron chi connectivity index (χ3n) is 7.83. The fraction of sp³-hybridized carbons (Fsp3) is 0.200. The van der Waals surface area contributed by atoms with E-state index in [2.05, 4.69) is 99.0 Å². The lowest BCUT2D eigenvalue weighted by molar-refractivity contribution is 0.00578. The molecule has 35 heavy (non-hydrogen) atoms. The molecular formula is C30H26BNO3. The van der Waals surface area contributed by atoms with Crippen LogP contribution >= 0.6 is 0 Å². The van der Waals surface area contributed by atoms with Crippen molar-refractivity contribution in [1.29, 1.82) is 0 Å². The maximum absolute atomic E-state index is 6.63. The van der Waals surface area contributed by atoms with Crippen molar-refractivity contribution in [2.24, 2.45) is 0 Å². The largest absolute Gasteiger partial charge is 0.495 e. The number of rotatable bonds is 2. The summed E-state index contributed by atoms with van der Waals surface area (Å²) in [6.07, 6.45) is 0. The Morgan fingerprint density at radius 3 is 2.06 bits per heavy atom. The van der Waals surface area contributed by atoms with E-state index >= 15 is 0 Å². The minimum absolute atomic E-state index is 0.434. The third-order valence-corrected chi connectivity index (χ3v) is 7.83. The highest BCUT2D eigenvalue weighted by atomic mass is 16.7. The van der Waals surface area contributed by atoms with Gasteiger partial charge in [0.25, 0.3) is 0 Å². The molecule has 5 heteroatoms. The summed E-state index contributed by atoms with van der Waals surface area (Å²) in [4.78, 5) is 0. The summed E-state index contributed by atoms with van der Waals surface area (Å²) >= 11 is 0. The molecule has 0 radical (unpaired) electrons. The Labute approximate surface area is 204 Å². The minimum atomic E-state index is -0.494. The third kappa shape index (κ3) is 2.83. The van der Waals surface area contributed by atoms with Crippen LogP contribution in [0.5, 0.6) is 0 Å². The van der Waals surface area contributed by atoms with Gasteiger partial charge < -0.3 is 18.3 Å². The highest BCUT2D eigenvalue weighted by molar-refractivity contribution is 6.66. The molecule has 0 unspecified atom stereocenters. The lowest BCUT2D eigenvalue weighted by Crippen LogP contribution is -2.41. The number of para-hydroxylation sites is 3. The van der Waals surface area contributed by atoms with Crippen LogP contribution in [0, 0.1) is 0 Å². The molecule has 1 aliphatic rings. The van der Waals surface area contributed by atoms with Crippen LogP contribution in [0.25, 0.3) is 49.4 Å². The Morgan fingerprint density at radius 1 is 0.686 bits per heavy atom. The Bertz CT molecular complexity index is 1740. The average Bonchev–Trinajstić information content (AvgIpc) is 3.46. The number of hydrogen-bond acceptors (Lipinski definition) is 3. The first-order valence-corrected chi connectivity index (χ1v) is 12.1. The zero-order valence-corrected chi connectivity index (χ0v) is 20.3. The quantitative estimate of drug-likeness (QED) is 0.262. The van der Waals surface area contributed by atoms with Crippen molar-refractivity contribution in [1.82, 2.24) is 4.57 Å². The predicted molar refractivity (Wildman–Crippen MR) is 144 cm³/mol. The second kappa shape index (κ2) is 7.00. The molecule has 0 N–H and O–H groups in total. The van der Waals surface area contributed by atoms with E-state index in [0.29, 0.717) is 0 Å². The standard InChI is InChI=1S/C30H26BNO3/c1-29(2)30(3,4)35-31(34-29)23-18-22-20-14-8-10-16-24(20)32(19-12-6-5-7-13-19)27(22)28-26(23)21-15-9-11-17-25(21)33-28/h5-18H,1-4H3. The summed E-state index contributed by atoms with van der Waals surface area (Å²) in [5.41, 5.74) is 5.15. The van der Waals surface area contributed by atoms with Crippen LogP contribution in [0.15, 0.2) is 89.3 Å². The van der Waals surface area contributed by atoms with Gasteiger partial charge in [0, 0.05) is 27.2 Å². The van der Waals surface area contributed by atoms with Crippen LogP contribution in [-0.2, 0) is 9.31 Å². The Kier molecular flexibility index (Phi) is 4.16. The molecule has 7 rings (SSSR count). The number of nitrogens with zero attached hydrogens (tertiary/aromatic N) is 1. The molecule has 1 fully saturated rings. The summed E-state index contributed by atoms with van der Waals surface area (Å²) in [5, 5.41) is 4.41. The van der Waals surface area contributed by atoms with Gasteiger partial charge in [-0.05, 0) is 57.4 Å². The fourth-order valence-corrected chi connectivity index (χ4v) is 5.36. The molecule has 0 aliphatic carbocycles.